The Kier molecular flexibility index (Phi) is 4.34. The maximum atomic E-state index is 5.22. The van der Waals surface area contributed by atoms with E-state index in [-0.39, 0.29) is 5.54 Å². The molecule has 0 amide bonds. The number of nitrogens with one attached hydrogen (secondary N) is 1. The Bertz CT molecular complexity index is 559. The highest BCUT2D eigenvalue weighted by atomic mass is 16.5. The molecular weight excluding hydrogens is 254 g/mol. The summed E-state index contributed by atoms with van der Waals surface area (Å²) in [6.07, 6.45) is 0. The van der Waals surface area contributed by atoms with Gasteiger partial charge >= 0.3 is 0 Å². The Hall–Kier alpha value is -1.95. The van der Waals surface area contributed by atoms with Crippen LogP contribution in [0.1, 0.15) is 32.2 Å². The van der Waals surface area contributed by atoms with E-state index in [9.17, 15) is 0 Å². The van der Waals surface area contributed by atoms with Crippen LogP contribution in [0.15, 0.2) is 24.3 Å². The highest BCUT2D eigenvalue weighted by Crippen LogP contribution is 2.13. The molecule has 2 aromatic rings. The number of tetrazole rings is 1. The molecule has 1 N–H and O–H groups in total. The Morgan fingerprint density at radius 3 is 2.80 bits per heavy atom. The topological polar surface area (TPSA) is 64.9 Å². The van der Waals surface area contributed by atoms with Crippen molar-refractivity contribution in [2.45, 2.75) is 39.4 Å². The van der Waals surface area contributed by atoms with E-state index in [1.807, 2.05) is 24.3 Å². The molecule has 20 heavy (non-hydrogen) atoms. The number of nitrogens with zero attached hydrogens (tertiary/aromatic N) is 4. The largest absolute Gasteiger partial charge is 0.497 e. The zero-order valence-electron chi connectivity index (χ0n) is 12.4. The van der Waals surface area contributed by atoms with Crippen LogP contribution in [0, 0.1) is 0 Å². The Labute approximate surface area is 119 Å². The van der Waals surface area contributed by atoms with E-state index in [0.717, 1.165) is 17.1 Å². The molecule has 0 atom stereocenters. The van der Waals surface area contributed by atoms with Crippen LogP contribution in [-0.4, -0.2) is 32.9 Å². The smallest absolute Gasteiger partial charge is 0.165 e. The molecular formula is C14H21N5O. The lowest BCUT2D eigenvalue weighted by molar-refractivity contribution is 0.409. The van der Waals surface area contributed by atoms with Gasteiger partial charge in [0, 0.05) is 5.54 Å². The summed E-state index contributed by atoms with van der Waals surface area (Å²) in [5.41, 5.74) is 1.14. The van der Waals surface area contributed by atoms with E-state index in [1.165, 1.54) is 0 Å². The van der Waals surface area contributed by atoms with Crippen molar-refractivity contribution in [2.75, 3.05) is 7.11 Å². The average molecular weight is 275 g/mol. The fourth-order valence-electron chi connectivity index (χ4n) is 1.76. The van der Waals surface area contributed by atoms with Crippen molar-refractivity contribution < 1.29 is 4.74 Å². The Morgan fingerprint density at radius 1 is 1.30 bits per heavy atom. The number of hydrogen-bond acceptors (Lipinski definition) is 5. The van der Waals surface area contributed by atoms with Gasteiger partial charge in [0.2, 0.25) is 0 Å². The van der Waals surface area contributed by atoms with Gasteiger partial charge in [-0.2, -0.15) is 0 Å². The fourth-order valence-corrected chi connectivity index (χ4v) is 1.76. The standard InChI is InChI=1S/C14H21N5O/c1-14(2,3)15-9-13-16-17-18-19(13)10-11-6-5-7-12(8-11)20-4/h5-8,15H,9-10H2,1-4H3. The van der Waals surface area contributed by atoms with Crippen LogP contribution in [0.3, 0.4) is 0 Å². The quantitative estimate of drug-likeness (QED) is 0.898. The zero-order valence-corrected chi connectivity index (χ0v) is 12.4. The first-order chi connectivity index (χ1) is 9.48. The molecule has 0 aliphatic rings. The predicted molar refractivity (Wildman–Crippen MR) is 76.5 cm³/mol. The van der Waals surface area contributed by atoms with Gasteiger partial charge in [-0.25, -0.2) is 4.68 Å². The normalized spacial score (nSPS) is 11.6. The van der Waals surface area contributed by atoms with Gasteiger partial charge < -0.3 is 10.1 Å². The van der Waals surface area contributed by atoms with E-state index in [1.54, 1.807) is 11.8 Å². The van der Waals surface area contributed by atoms with Crippen LogP contribution in [0.5, 0.6) is 5.75 Å². The van der Waals surface area contributed by atoms with Crippen molar-refractivity contribution in [3.63, 3.8) is 0 Å². The molecule has 6 nitrogen and oxygen atoms in total. The first-order valence-corrected chi connectivity index (χ1v) is 6.61. The monoisotopic (exact) mass is 275 g/mol. The Balaban J connectivity index is 2.08. The molecule has 108 valence electrons. The van der Waals surface area contributed by atoms with Crippen molar-refractivity contribution in [3.05, 3.63) is 35.7 Å². The lowest BCUT2D eigenvalue weighted by atomic mass is 10.1. The third-order valence-electron chi connectivity index (χ3n) is 2.85. The summed E-state index contributed by atoms with van der Waals surface area (Å²) in [6.45, 7) is 7.61. The SMILES string of the molecule is COc1cccc(Cn2nnnc2CNC(C)(C)C)c1. The molecule has 0 saturated heterocycles. The summed E-state index contributed by atoms with van der Waals surface area (Å²) < 4.78 is 7.02. The summed E-state index contributed by atoms with van der Waals surface area (Å²) in [7, 11) is 1.66. The fraction of sp³-hybridized carbons (Fsp3) is 0.500. The van der Waals surface area contributed by atoms with Gasteiger partial charge in [-0.3, -0.25) is 0 Å². The molecule has 6 heteroatoms. The number of aromatic nitrogens is 4. The number of ether oxygens (including phenoxy) is 1. The van der Waals surface area contributed by atoms with Crippen molar-refractivity contribution in [3.8, 4) is 5.75 Å². The molecule has 1 aromatic carbocycles. The van der Waals surface area contributed by atoms with Gasteiger partial charge in [0.15, 0.2) is 5.82 Å². The number of hydrogen-bond donors (Lipinski definition) is 1. The van der Waals surface area contributed by atoms with Crippen molar-refractivity contribution in [1.82, 2.24) is 25.5 Å². The minimum absolute atomic E-state index is 0.0345. The summed E-state index contributed by atoms with van der Waals surface area (Å²) in [5.74, 6) is 1.66. The lowest BCUT2D eigenvalue weighted by Gasteiger charge is -2.19. The highest BCUT2D eigenvalue weighted by Gasteiger charge is 2.12. The van der Waals surface area contributed by atoms with Gasteiger partial charge in [-0.1, -0.05) is 12.1 Å². The third kappa shape index (κ3) is 4.03. The molecule has 0 unspecified atom stereocenters. The second-order valence-electron chi connectivity index (χ2n) is 5.71. The maximum Gasteiger partial charge on any atom is 0.165 e. The minimum Gasteiger partial charge on any atom is -0.497 e. The van der Waals surface area contributed by atoms with E-state index >= 15 is 0 Å². The molecule has 0 radical (unpaired) electrons. The van der Waals surface area contributed by atoms with Gasteiger partial charge in [-0.05, 0) is 48.9 Å². The summed E-state index contributed by atoms with van der Waals surface area (Å²) in [4.78, 5) is 0. The van der Waals surface area contributed by atoms with Crippen molar-refractivity contribution in [1.29, 1.82) is 0 Å². The van der Waals surface area contributed by atoms with Crippen LogP contribution in [0.4, 0.5) is 0 Å². The first kappa shape index (κ1) is 14.5. The van der Waals surface area contributed by atoms with Crippen LogP contribution in [-0.2, 0) is 13.1 Å². The molecule has 2 rings (SSSR count). The van der Waals surface area contributed by atoms with Gasteiger partial charge in [0.1, 0.15) is 5.75 Å². The minimum atomic E-state index is 0.0345. The summed E-state index contributed by atoms with van der Waals surface area (Å²) in [6, 6.07) is 7.91. The van der Waals surface area contributed by atoms with E-state index in [2.05, 4.69) is 41.6 Å². The molecule has 0 spiro atoms. The van der Waals surface area contributed by atoms with Crippen LogP contribution in [0.25, 0.3) is 0 Å². The van der Waals surface area contributed by atoms with Crippen LogP contribution < -0.4 is 10.1 Å². The number of methoxy groups -OCH3 is 1. The molecule has 1 heterocycles. The molecule has 0 bridgehead atoms. The maximum absolute atomic E-state index is 5.22. The van der Waals surface area contributed by atoms with Crippen molar-refractivity contribution in [2.24, 2.45) is 0 Å². The van der Waals surface area contributed by atoms with E-state index < -0.39 is 0 Å². The molecule has 0 saturated carbocycles. The zero-order chi connectivity index (χ0) is 14.6. The van der Waals surface area contributed by atoms with Gasteiger partial charge in [0.25, 0.3) is 0 Å². The molecule has 0 aliphatic carbocycles. The average Bonchev–Trinajstić information content (AvgIpc) is 2.83. The first-order valence-electron chi connectivity index (χ1n) is 6.61. The Morgan fingerprint density at radius 2 is 2.10 bits per heavy atom. The summed E-state index contributed by atoms with van der Waals surface area (Å²) >= 11 is 0. The third-order valence-corrected chi connectivity index (χ3v) is 2.85. The molecule has 0 aliphatic heterocycles. The van der Waals surface area contributed by atoms with E-state index in [4.69, 9.17) is 4.74 Å². The van der Waals surface area contributed by atoms with Crippen LogP contribution >= 0.6 is 0 Å². The lowest BCUT2D eigenvalue weighted by Crippen LogP contribution is -2.36. The van der Waals surface area contributed by atoms with Crippen molar-refractivity contribution >= 4 is 0 Å². The molecule has 0 fully saturated rings. The molecule has 1 aromatic heterocycles. The van der Waals surface area contributed by atoms with E-state index in [0.29, 0.717) is 13.1 Å². The van der Waals surface area contributed by atoms with Crippen LogP contribution in [0.2, 0.25) is 0 Å². The highest BCUT2D eigenvalue weighted by molar-refractivity contribution is 5.28. The van der Waals surface area contributed by atoms with Gasteiger partial charge in [-0.15, -0.1) is 5.10 Å². The predicted octanol–water partition coefficient (Wildman–Crippen LogP) is 1.62. The van der Waals surface area contributed by atoms with Gasteiger partial charge in [0.05, 0.1) is 20.2 Å². The second kappa shape index (κ2) is 6.00. The number of benzene rings is 1. The number of rotatable bonds is 5. The summed E-state index contributed by atoms with van der Waals surface area (Å²) in [5, 5.41) is 15.2. The second-order valence-corrected chi connectivity index (χ2v) is 5.71.